The minimum Gasteiger partial charge on any atom is -0.494 e. The average Bonchev–Trinajstić information content (AvgIpc) is 2.36. The highest BCUT2D eigenvalue weighted by Gasteiger charge is 2.08. The van der Waals surface area contributed by atoms with Gasteiger partial charge in [-0.1, -0.05) is 13.8 Å². The Hall–Kier alpha value is -0.960. The van der Waals surface area contributed by atoms with E-state index in [9.17, 15) is 4.79 Å². The number of carbonyl (C=O) groups excluding carboxylic acids is 1. The van der Waals surface area contributed by atoms with Crippen molar-refractivity contribution < 1.29 is 9.53 Å². The SMILES string of the molecule is CCOc1ccc(C(=O)CS[C@H](C)CC)cc1. The summed E-state index contributed by atoms with van der Waals surface area (Å²) in [7, 11) is 0. The summed E-state index contributed by atoms with van der Waals surface area (Å²) in [6, 6.07) is 7.38. The van der Waals surface area contributed by atoms with Gasteiger partial charge in [0.2, 0.25) is 0 Å². The predicted octanol–water partition coefficient (Wildman–Crippen LogP) is 3.80. The molecule has 3 heteroatoms. The Morgan fingerprint density at radius 1 is 1.29 bits per heavy atom. The van der Waals surface area contributed by atoms with Gasteiger partial charge >= 0.3 is 0 Å². The van der Waals surface area contributed by atoms with Crippen LogP contribution in [0.5, 0.6) is 5.75 Å². The van der Waals surface area contributed by atoms with Gasteiger partial charge in [-0.05, 0) is 37.6 Å². The normalized spacial score (nSPS) is 12.2. The topological polar surface area (TPSA) is 26.3 Å². The number of hydrogen-bond acceptors (Lipinski definition) is 3. The molecule has 0 spiro atoms. The fourth-order valence-corrected chi connectivity index (χ4v) is 2.16. The van der Waals surface area contributed by atoms with Crippen LogP contribution in [0.4, 0.5) is 0 Å². The van der Waals surface area contributed by atoms with E-state index in [0.29, 0.717) is 17.6 Å². The smallest absolute Gasteiger partial charge is 0.172 e. The molecular formula is C14H20O2S. The van der Waals surface area contributed by atoms with E-state index in [1.807, 2.05) is 31.2 Å². The first-order chi connectivity index (χ1) is 8.17. The summed E-state index contributed by atoms with van der Waals surface area (Å²) in [5.74, 6) is 1.57. The Morgan fingerprint density at radius 2 is 1.94 bits per heavy atom. The van der Waals surface area contributed by atoms with Crippen LogP contribution in [0.3, 0.4) is 0 Å². The quantitative estimate of drug-likeness (QED) is 0.690. The Balaban J connectivity index is 2.51. The van der Waals surface area contributed by atoms with Crippen LogP contribution in [0.15, 0.2) is 24.3 Å². The second kappa shape index (κ2) is 7.38. The van der Waals surface area contributed by atoms with Gasteiger partial charge in [0.25, 0.3) is 0 Å². The van der Waals surface area contributed by atoms with Crippen molar-refractivity contribution in [2.24, 2.45) is 0 Å². The van der Waals surface area contributed by atoms with Crippen LogP contribution in [0.2, 0.25) is 0 Å². The van der Waals surface area contributed by atoms with Crippen LogP contribution < -0.4 is 4.74 Å². The van der Waals surface area contributed by atoms with E-state index in [0.717, 1.165) is 17.7 Å². The molecule has 0 saturated carbocycles. The lowest BCUT2D eigenvalue weighted by molar-refractivity contribution is 0.102. The highest BCUT2D eigenvalue weighted by atomic mass is 32.2. The number of rotatable bonds is 7. The molecule has 2 nitrogen and oxygen atoms in total. The molecule has 0 radical (unpaired) electrons. The van der Waals surface area contributed by atoms with E-state index in [1.165, 1.54) is 0 Å². The highest BCUT2D eigenvalue weighted by Crippen LogP contribution is 2.17. The van der Waals surface area contributed by atoms with Crippen LogP contribution in [0.1, 0.15) is 37.6 Å². The standard InChI is InChI=1S/C14H20O2S/c1-4-11(3)17-10-14(15)12-6-8-13(9-7-12)16-5-2/h6-9,11H,4-5,10H2,1-3H3/t11-/m1/s1. The molecule has 0 aliphatic carbocycles. The molecule has 1 atom stereocenters. The number of Topliss-reactive ketones (excluding diaryl/α,β-unsaturated/α-hetero) is 1. The van der Waals surface area contributed by atoms with Crippen molar-refractivity contribution in [1.82, 2.24) is 0 Å². The lowest BCUT2D eigenvalue weighted by atomic mass is 10.1. The number of carbonyl (C=O) groups is 1. The second-order valence-corrected chi connectivity index (χ2v) is 5.34. The Morgan fingerprint density at radius 3 is 2.47 bits per heavy atom. The Labute approximate surface area is 108 Å². The summed E-state index contributed by atoms with van der Waals surface area (Å²) in [5.41, 5.74) is 0.768. The van der Waals surface area contributed by atoms with Crippen molar-refractivity contribution in [3.8, 4) is 5.75 Å². The molecule has 0 N–H and O–H groups in total. The average molecular weight is 252 g/mol. The molecule has 0 aromatic heterocycles. The molecule has 0 aliphatic rings. The lowest BCUT2D eigenvalue weighted by Crippen LogP contribution is -2.06. The fraction of sp³-hybridized carbons (Fsp3) is 0.500. The molecule has 1 aromatic rings. The third kappa shape index (κ3) is 4.82. The van der Waals surface area contributed by atoms with Crippen molar-refractivity contribution in [1.29, 1.82) is 0 Å². The number of thioether (sulfide) groups is 1. The summed E-state index contributed by atoms with van der Waals surface area (Å²) in [5, 5.41) is 0.543. The summed E-state index contributed by atoms with van der Waals surface area (Å²) in [6.45, 7) is 6.88. The summed E-state index contributed by atoms with van der Waals surface area (Å²) < 4.78 is 5.34. The number of benzene rings is 1. The third-order valence-electron chi connectivity index (χ3n) is 2.56. The summed E-state index contributed by atoms with van der Waals surface area (Å²) in [6.07, 6.45) is 1.10. The summed E-state index contributed by atoms with van der Waals surface area (Å²) in [4.78, 5) is 11.9. The molecule has 0 amide bonds. The minimum atomic E-state index is 0.193. The van der Waals surface area contributed by atoms with Crippen molar-refractivity contribution >= 4 is 17.5 Å². The van der Waals surface area contributed by atoms with E-state index in [-0.39, 0.29) is 5.78 Å². The molecule has 0 fully saturated rings. The van der Waals surface area contributed by atoms with E-state index in [4.69, 9.17) is 4.74 Å². The maximum absolute atomic E-state index is 11.9. The zero-order valence-electron chi connectivity index (χ0n) is 10.7. The molecule has 0 saturated heterocycles. The lowest BCUT2D eigenvalue weighted by Gasteiger charge is -2.08. The Kier molecular flexibility index (Phi) is 6.12. The van der Waals surface area contributed by atoms with Crippen LogP contribution in [-0.2, 0) is 0 Å². The zero-order valence-corrected chi connectivity index (χ0v) is 11.5. The van der Waals surface area contributed by atoms with Crippen LogP contribution in [0.25, 0.3) is 0 Å². The van der Waals surface area contributed by atoms with Crippen molar-refractivity contribution in [3.05, 3.63) is 29.8 Å². The van der Waals surface area contributed by atoms with Gasteiger partial charge in [0.05, 0.1) is 12.4 Å². The molecule has 94 valence electrons. The first kappa shape index (κ1) is 14.1. The van der Waals surface area contributed by atoms with Gasteiger partial charge in [-0.15, -0.1) is 0 Å². The maximum atomic E-state index is 11.9. The monoisotopic (exact) mass is 252 g/mol. The fourth-order valence-electron chi connectivity index (χ4n) is 1.32. The second-order valence-electron chi connectivity index (χ2n) is 3.91. The predicted molar refractivity (Wildman–Crippen MR) is 74.2 cm³/mol. The first-order valence-corrected chi connectivity index (χ1v) is 7.09. The number of ketones is 1. The van der Waals surface area contributed by atoms with Gasteiger partial charge in [0.1, 0.15) is 5.75 Å². The first-order valence-electron chi connectivity index (χ1n) is 6.05. The molecule has 0 unspecified atom stereocenters. The number of hydrogen-bond donors (Lipinski definition) is 0. The molecule has 0 heterocycles. The van der Waals surface area contributed by atoms with Gasteiger partial charge in [0, 0.05) is 10.8 Å². The molecule has 0 bridgehead atoms. The van der Waals surface area contributed by atoms with E-state index < -0.39 is 0 Å². The largest absolute Gasteiger partial charge is 0.494 e. The maximum Gasteiger partial charge on any atom is 0.172 e. The molecule has 0 aliphatic heterocycles. The zero-order chi connectivity index (χ0) is 12.7. The summed E-state index contributed by atoms with van der Waals surface area (Å²) >= 11 is 1.71. The Bertz CT molecular complexity index is 346. The highest BCUT2D eigenvalue weighted by molar-refractivity contribution is 8.00. The van der Waals surface area contributed by atoms with E-state index in [1.54, 1.807) is 11.8 Å². The van der Waals surface area contributed by atoms with E-state index in [2.05, 4.69) is 13.8 Å². The number of ether oxygens (including phenoxy) is 1. The van der Waals surface area contributed by atoms with Crippen molar-refractivity contribution in [3.63, 3.8) is 0 Å². The van der Waals surface area contributed by atoms with E-state index >= 15 is 0 Å². The van der Waals surface area contributed by atoms with Gasteiger partial charge in [-0.2, -0.15) is 11.8 Å². The molecule has 17 heavy (non-hydrogen) atoms. The van der Waals surface area contributed by atoms with Crippen molar-refractivity contribution in [2.45, 2.75) is 32.4 Å². The molecule has 1 rings (SSSR count). The molecular weight excluding hydrogens is 232 g/mol. The van der Waals surface area contributed by atoms with Gasteiger partial charge < -0.3 is 4.74 Å². The third-order valence-corrected chi connectivity index (χ3v) is 3.89. The van der Waals surface area contributed by atoms with Gasteiger partial charge in [0.15, 0.2) is 5.78 Å². The van der Waals surface area contributed by atoms with Gasteiger partial charge in [-0.25, -0.2) is 0 Å². The van der Waals surface area contributed by atoms with Crippen molar-refractivity contribution in [2.75, 3.05) is 12.4 Å². The van der Waals surface area contributed by atoms with Crippen LogP contribution in [-0.4, -0.2) is 23.4 Å². The van der Waals surface area contributed by atoms with Gasteiger partial charge in [-0.3, -0.25) is 4.79 Å². The van der Waals surface area contributed by atoms with Crippen LogP contribution >= 0.6 is 11.8 Å². The van der Waals surface area contributed by atoms with Crippen LogP contribution in [0, 0.1) is 0 Å². The minimum absolute atomic E-state index is 0.193. The molecule has 1 aromatic carbocycles.